The predicted octanol–water partition coefficient (Wildman–Crippen LogP) is 3.50. The van der Waals surface area contributed by atoms with Crippen LogP contribution in [0, 0.1) is 10.1 Å². The van der Waals surface area contributed by atoms with Crippen molar-refractivity contribution >= 4 is 45.8 Å². The number of aromatic nitrogens is 3. The van der Waals surface area contributed by atoms with Crippen molar-refractivity contribution in [2.75, 3.05) is 0 Å². The number of nitro groups is 1. The Balaban J connectivity index is 2.16. The Hall–Kier alpha value is -2.51. The van der Waals surface area contributed by atoms with Gasteiger partial charge in [-0.15, -0.1) is 5.10 Å². The maximum atomic E-state index is 11.1. The average Bonchev–Trinajstić information content (AvgIpc) is 2.97. The van der Waals surface area contributed by atoms with Crippen LogP contribution in [0.3, 0.4) is 0 Å². The number of benzene rings is 2. The highest BCUT2D eigenvalue weighted by atomic mass is 35.5. The van der Waals surface area contributed by atoms with Crippen LogP contribution in [0.1, 0.15) is 0 Å². The summed E-state index contributed by atoms with van der Waals surface area (Å²) in [5, 5.41) is 19.6. The molecule has 1 atom stereocenters. The van der Waals surface area contributed by atoms with Crippen molar-refractivity contribution in [2.24, 2.45) is 4.99 Å². The molecule has 0 amide bonds. The Kier molecular flexibility index (Phi) is 4.22. The van der Waals surface area contributed by atoms with Crippen molar-refractivity contribution in [3.63, 3.8) is 0 Å². The molecule has 0 aliphatic heterocycles. The maximum Gasteiger partial charge on any atom is 0.345 e. The highest BCUT2D eigenvalue weighted by Gasteiger charge is 2.28. The number of alkyl halides is 1. The molecule has 0 bridgehead atoms. The molecule has 2 aromatic carbocycles. The number of fused-ring (bicyclic) bond motifs is 1. The first-order valence-electron chi connectivity index (χ1n) is 6.49. The molecular weight excluding hydrogens is 341 g/mol. The summed E-state index contributed by atoms with van der Waals surface area (Å²) in [6.07, 6.45) is 0. The largest absolute Gasteiger partial charge is 0.345 e. The zero-order valence-corrected chi connectivity index (χ0v) is 13.0. The lowest BCUT2D eigenvalue weighted by molar-refractivity contribution is -0.480. The van der Waals surface area contributed by atoms with Crippen molar-refractivity contribution in [1.82, 2.24) is 15.0 Å². The summed E-state index contributed by atoms with van der Waals surface area (Å²) in [5.74, 6) is -0.0484. The number of hydrogen-bond donors (Lipinski definition) is 0. The van der Waals surface area contributed by atoms with E-state index >= 15 is 0 Å². The summed E-state index contributed by atoms with van der Waals surface area (Å²) >= 11 is 11.7. The monoisotopic (exact) mass is 349 g/mol. The fourth-order valence-electron chi connectivity index (χ4n) is 1.98. The van der Waals surface area contributed by atoms with E-state index in [-0.39, 0.29) is 5.84 Å². The summed E-state index contributed by atoms with van der Waals surface area (Å²) in [6, 6.07) is 13.6. The lowest BCUT2D eigenvalue weighted by atomic mass is 10.3. The molecule has 1 heterocycles. The van der Waals surface area contributed by atoms with Gasteiger partial charge in [0.25, 0.3) is 0 Å². The molecule has 0 saturated carbocycles. The molecule has 0 aliphatic rings. The van der Waals surface area contributed by atoms with Gasteiger partial charge >= 0.3 is 5.50 Å². The zero-order chi connectivity index (χ0) is 16.4. The normalized spacial score (nSPS) is 13.2. The third kappa shape index (κ3) is 3.15. The molecule has 0 radical (unpaired) electrons. The first-order valence-corrected chi connectivity index (χ1v) is 7.30. The summed E-state index contributed by atoms with van der Waals surface area (Å²) in [7, 11) is 0. The van der Waals surface area contributed by atoms with E-state index in [1.807, 2.05) is 0 Å². The van der Waals surface area contributed by atoms with Crippen LogP contribution < -0.4 is 0 Å². The minimum atomic E-state index is -1.57. The summed E-state index contributed by atoms with van der Waals surface area (Å²) < 4.78 is 1.27. The van der Waals surface area contributed by atoms with Gasteiger partial charge in [-0.2, -0.15) is 4.68 Å². The third-order valence-corrected chi connectivity index (χ3v) is 3.64. The highest BCUT2D eigenvalue weighted by molar-refractivity contribution is 6.31. The fraction of sp³-hybridized carbons (Fsp3) is 0.0714. The number of rotatable bonds is 3. The van der Waals surface area contributed by atoms with Crippen LogP contribution in [-0.2, 0) is 0 Å². The molecule has 23 heavy (non-hydrogen) atoms. The van der Waals surface area contributed by atoms with Gasteiger partial charge in [-0.3, -0.25) is 10.1 Å². The lowest BCUT2D eigenvalue weighted by Gasteiger charge is -2.07. The SMILES string of the molecule is O=[N+]([O-])[C@@H](Cl)C(=Nc1ccc(Cl)cc1)n1nnc2ccccc21. The van der Waals surface area contributed by atoms with Crippen LogP contribution in [0.5, 0.6) is 0 Å². The molecule has 9 heteroatoms. The quantitative estimate of drug-likeness (QED) is 0.181. The molecule has 3 aromatic rings. The van der Waals surface area contributed by atoms with E-state index in [9.17, 15) is 10.1 Å². The zero-order valence-electron chi connectivity index (χ0n) is 11.5. The molecule has 0 aliphatic carbocycles. The topological polar surface area (TPSA) is 86.2 Å². The van der Waals surface area contributed by atoms with Gasteiger partial charge in [-0.1, -0.05) is 28.9 Å². The molecule has 1 aromatic heterocycles. The van der Waals surface area contributed by atoms with Gasteiger partial charge in [-0.05, 0) is 48.0 Å². The molecule has 7 nitrogen and oxygen atoms in total. The average molecular weight is 350 g/mol. The Morgan fingerprint density at radius 1 is 1.22 bits per heavy atom. The van der Waals surface area contributed by atoms with Crippen molar-refractivity contribution in [2.45, 2.75) is 5.50 Å². The number of aliphatic imine (C=N–C) groups is 1. The second kappa shape index (κ2) is 6.31. The number of hydrogen-bond acceptors (Lipinski definition) is 5. The highest BCUT2D eigenvalue weighted by Crippen LogP contribution is 2.20. The Morgan fingerprint density at radius 3 is 2.61 bits per heavy atom. The van der Waals surface area contributed by atoms with Crippen LogP contribution in [0.25, 0.3) is 11.0 Å². The number of nitrogens with zero attached hydrogens (tertiary/aromatic N) is 5. The minimum absolute atomic E-state index is 0.0484. The van der Waals surface area contributed by atoms with Crippen molar-refractivity contribution < 1.29 is 4.92 Å². The Morgan fingerprint density at radius 2 is 1.91 bits per heavy atom. The van der Waals surface area contributed by atoms with Crippen LogP contribution in [0.2, 0.25) is 5.02 Å². The second-order valence-electron chi connectivity index (χ2n) is 4.56. The van der Waals surface area contributed by atoms with E-state index in [0.29, 0.717) is 21.7 Å². The smallest absolute Gasteiger partial charge is 0.262 e. The van der Waals surface area contributed by atoms with Gasteiger partial charge in [0.1, 0.15) is 5.52 Å². The first kappa shape index (κ1) is 15.4. The van der Waals surface area contributed by atoms with Crippen LogP contribution in [0.15, 0.2) is 53.5 Å². The van der Waals surface area contributed by atoms with Crippen LogP contribution in [-0.4, -0.2) is 31.3 Å². The van der Waals surface area contributed by atoms with E-state index < -0.39 is 10.4 Å². The molecule has 116 valence electrons. The van der Waals surface area contributed by atoms with E-state index in [1.165, 1.54) is 4.68 Å². The van der Waals surface area contributed by atoms with E-state index in [4.69, 9.17) is 23.2 Å². The molecular formula is C14H9Cl2N5O2. The predicted molar refractivity (Wildman–Crippen MR) is 88.1 cm³/mol. The van der Waals surface area contributed by atoms with E-state index in [1.54, 1.807) is 48.5 Å². The van der Waals surface area contributed by atoms with Crippen molar-refractivity contribution in [3.05, 3.63) is 63.7 Å². The third-order valence-electron chi connectivity index (χ3n) is 3.04. The minimum Gasteiger partial charge on any atom is -0.262 e. The molecule has 0 N–H and O–H groups in total. The van der Waals surface area contributed by atoms with Gasteiger partial charge in [-0.25, -0.2) is 4.99 Å². The molecule has 0 unspecified atom stereocenters. The van der Waals surface area contributed by atoms with Crippen LogP contribution >= 0.6 is 23.2 Å². The van der Waals surface area contributed by atoms with Crippen molar-refractivity contribution in [1.29, 1.82) is 0 Å². The van der Waals surface area contributed by atoms with Gasteiger partial charge in [0.05, 0.1) is 11.2 Å². The molecule has 0 fully saturated rings. The van der Waals surface area contributed by atoms with Crippen LogP contribution in [0.4, 0.5) is 5.69 Å². The lowest BCUT2D eigenvalue weighted by Crippen LogP contribution is -2.30. The second-order valence-corrected chi connectivity index (χ2v) is 5.41. The Bertz CT molecular complexity index is 892. The first-order chi connectivity index (χ1) is 11.1. The van der Waals surface area contributed by atoms with E-state index in [2.05, 4.69) is 15.3 Å². The van der Waals surface area contributed by atoms with Crippen molar-refractivity contribution in [3.8, 4) is 0 Å². The van der Waals surface area contributed by atoms with Gasteiger partial charge in [0.15, 0.2) is 0 Å². The standard InChI is InChI=1S/C14H9Cl2N5O2/c15-9-5-7-10(8-6-9)17-14(13(16)21(22)23)20-12-4-2-1-3-11(12)18-19-20/h1-8,13H/t13-/m1/s1. The van der Waals surface area contributed by atoms with Gasteiger partial charge in [0, 0.05) is 9.95 Å². The molecule has 3 rings (SSSR count). The van der Waals surface area contributed by atoms with Gasteiger partial charge < -0.3 is 0 Å². The number of halogens is 2. The molecule has 0 saturated heterocycles. The number of para-hydroxylation sites is 1. The van der Waals surface area contributed by atoms with Gasteiger partial charge in [0.2, 0.25) is 5.84 Å². The summed E-state index contributed by atoms with van der Waals surface area (Å²) in [5.41, 5.74) is 0.0588. The van der Waals surface area contributed by atoms with E-state index in [0.717, 1.165) is 0 Å². The summed E-state index contributed by atoms with van der Waals surface area (Å²) in [4.78, 5) is 14.7. The molecule has 0 spiro atoms. The fourth-order valence-corrected chi connectivity index (χ4v) is 2.25. The summed E-state index contributed by atoms with van der Waals surface area (Å²) in [6.45, 7) is 0. The maximum absolute atomic E-state index is 11.1. The Labute approximate surface area is 140 Å².